The van der Waals surface area contributed by atoms with Crippen LogP contribution in [0, 0.1) is 0 Å². The molecule has 3 heterocycles. The molecule has 0 aliphatic carbocycles. The second kappa shape index (κ2) is 9.17. The third-order valence-corrected chi connectivity index (χ3v) is 7.34. The predicted octanol–water partition coefficient (Wildman–Crippen LogP) is 3.64. The van der Waals surface area contributed by atoms with Crippen molar-refractivity contribution in [3.8, 4) is 11.5 Å². The first kappa shape index (κ1) is 24.2. The lowest BCUT2D eigenvalue weighted by Gasteiger charge is -2.51. The summed E-state index contributed by atoms with van der Waals surface area (Å²) in [4.78, 5) is 34.2. The fourth-order valence-electron chi connectivity index (χ4n) is 5.61. The van der Waals surface area contributed by atoms with E-state index in [0.717, 1.165) is 27.7 Å². The lowest BCUT2D eigenvalue weighted by Crippen LogP contribution is -2.67. The first-order chi connectivity index (χ1) is 17.3. The van der Waals surface area contributed by atoms with E-state index in [1.165, 1.54) is 0 Å². The Balaban J connectivity index is 1.67. The molecule has 0 unspecified atom stereocenters. The number of aromatic nitrogens is 1. The summed E-state index contributed by atoms with van der Waals surface area (Å²) < 4.78 is 16.8. The molecule has 8 nitrogen and oxygen atoms in total. The van der Waals surface area contributed by atoms with E-state index in [0.29, 0.717) is 31.2 Å². The van der Waals surface area contributed by atoms with Crippen LogP contribution in [0.2, 0.25) is 0 Å². The molecule has 2 aliphatic heterocycles. The zero-order valence-corrected chi connectivity index (χ0v) is 21.5. The average Bonchev–Trinajstić information content (AvgIpc) is 3.26. The van der Waals surface area contributed by atoms with Crippen LogP contribution < -0.4 is 9.47 Å². The number of fused-ring (bicyclic) bond motifs is 5. The number of carbonyl (C=O) groups excluding carboxylic acids is 2. The normalized spacial score (nSPS) is 21.7. The maximum atomic E-state index is 13.9. The van der Waals surface area contributed by atoms with Gasteiger partial charge in [-0.3, -0.25) is 9.59 Å². The maximum Gasteiger partial charge on any atom is 0.255 e. The highest BCUT2D eigenvalue weighted by Crippen LogP contribution is 2.48. The number of hydrogen-bond acceptors (Lipinski definition) is 5. The summed E-state index contributed by atoms with van der Waals surface area (Å²) in [5.41, 5.74) is 2.62. The van der Waals surface area contributed by atoms with Crippen LogP contribution in [0.15, 0.2) is 42.5 Å². The van der Waals surface area contributed by atoms with Crippen LogP contribution in [0.5, 0.6) is 11.5 Å². The SMILES string of the molecule is COCCN1CC(=O)N2C[C@@H](c3ccc(OC(C)C)c(OC)c3)c3c([nH]c4ccccc34)[C@@]2(C)C1=O. The number of carbonyl (C=O) groups is 2. The molecular weight excluding hydrogens is 458 g/mol. The number of benzene rings is 2. The molecule has 1 fully saturated rings. The van der Waals surface area contributed by atoms with Gasteiger partial charge in [-0.2, -0.15) is 0 Å². The topological polar surface area (TPSA) is 84.1 Å². The van der Waals surface area contributed by atoms with Gasteiger partial charge in [0.1, 0.15) is 0 Å². The lowest BCUT2D eigenvalue weighted by atomic mass is 9.76. The molecule has 0 radical (unpaired) electrons. The second-order valence-electron chi connectivity index (χ2n) is 9.88. The minimum absolute atomic E-state index is 0.0124. The van der Waals surface area contributed by atoms with Gasteiger partial charge in [0, 0.05) is 37.0 Å². The Hall–Kier alpha value is -3.52. The van der Waals surface area contributed by atoms with Crippen molar-refractivity contribution in [1.82, 2.24) is 14.8 Å². The van der Waals surface area contributed by atoms with E-state index in [-0.39, 0.29) is 30.4 Å². The van der Waals surface area contributed by atoms with E-state index in [1.807, 2.05) is 57.2 Å². The molecule has 2 aromatic carbocycles. The highest BCUT2D eigenvalue weighted by atomic mass is 16.5. The molecule has 190 valence electrons. The summed E-state index contributed by atoms with van der Waals surface area (Å²) in [6.45, 7) is 6.99. The van der Waals surface area contributed by atoms with Crippen molar-refractivity contribution in [2.75, 3.05) is 40.5 Å². The van der Waals surface area contributed by atoms with E-state index in [4.69, 9.17) is 14.2 Å². The van der Waals surface area contributed by atoms with E-state index in [1.54, 1.807) is 24.0 Å². The molecule has 36 heavy (non-hydrogen) atoms. The summed E-state index contributed by atoms with van der Waals surface area (Å²) in [5, 5.41) is 1.05. The summed E-state index contributed by atoms with van der Waals surface area (Å²) in [5.74, 6) is 1.00. The molecule has 0 bridgehead atoms. The Labute approximate surface area is 211 Å². The number of H-pyrrole nitrogens is 1. The molecule has 1 N–H and O–H groups in total. The Bertz CT molecular complexity index is 1320. The van der Waals surface area contributed by atoms with Gasteiger partial charge < -0.3 is 29.0 Å². The molecule has 1 saturated heterocycles. The molecule has 2 aliphatic rings. The summed E-state index contributed by atoms with van der Waals surface area (Å²) in [6, 6.07) is 14.0. The van der Waals surface area contributed by atoms with Gasteiger partial charge in [0.25, 0.3) is 5.91 Å². The second-order valence-corrected chi connectivity index (χ2v) is 9.88. The van der Waals surface area contributed by atoms with Crippen LogP contribution >= 0.6 is 0 Å². The molecule has 0 saturated carbocycles. The molecule has 2 atom stereocenters. The van der Waals surface area contributed by atoms with Gasteiger partial charge in [-0.25, -0.2) is 0 Å². The number of amides is 2. The predicted molar refractivity (Wildman–Crippen MR) is 136 cm³/mol. The van der Waals surface area contributed by atoms with Gasteiger partial charge in [-0.15, -0.1) is 0 Å². The van der Waals surface area contributed by atoms with E-state index < -0.39 is 5.54 Å². The Morgan fingerprint density at radius 2 is 1.89 bits per heavy atom. The Morgan fingerprint density at radius 1 is 1.11 bits per heavy atom. The molecule has 8 heteroatoms. The number of nitrogens with one attached hydrogen (secondary N) is 1. The number of ether oxygens (including phenoxy) is 3. The van der Waals surface area contributed by atoms with Crippen molar-refractivity contribution in [2.45, 2.75) is 38.3 Å². The Morgan fingerprint density at radius 3 is 2.61 bits per heavy atom. The summed E-state index contributed by atoms with van der Waals surface area (Å²) in [7, 11) is 3.22. The van der Waals surface area contributed by atoms with Crippen molar-refractivity contribution in [2.24, 2.45) is 0 Å². The summed E-state index contributed by atoms with van der Waals surface area (Å²) >= 11 is 0. The minimum Gasteiger partial charge on any atom is -0.493 e. The molecule has 5 rings (SSSR count). The number of rotatable bonds is 7. The maximum absolute atomic E-state index is 13.9. The zero-order valence-electron chi connectivity index (χ0n) is 21.5. The quantitative estimate of drug-likeness (QED) is 0.546. The first-order valence-corrected chi connectivity index (χ1v) is 12.3. The highest BCUT2D eigenvalue weighted by Gasteiger charge is 2.56. The van der Waals surface area contributed by atoms with Crippen LogP contribution in [0.4, 0.5) is 0 Å². The van der Waals surface area contributed by atoms with Crippen LogP contribution in [-0.4, -0.2) is 73.2 Å². The number of aromatic amines is 1. The third kappa shape index (κ3) is 3.71. The zero-order chi connectivity index (χ0) is 25.6. The lowest BCUT2D eigenvalue weighted by molar-refractivity contribution is -0.166. The van der Waals surface area contributed by atoms with E-state index in [2.05, 4.69) is 11.1 Å². The van der Waals surface area contributed by atoms with Gasteiger partial charge >= 0.3 is 0 Å². The van der Waals surface area contributed by atoms with Crippen molar-refractivity contribution in [3.05, 3.63) is 59.3 Å². The van der Waals surface area contributed by atoms with Gasteiger partial charge in [0.05, 0.1) is 32.1 Å². The number of nitrogens with zero attached hydrogens (tertiary/aromatic N) is 2. The molecule has 1 aromatic heterocycles. The van der Waals surface area contributed by atoms with E-state index >= 15 is 0 Å². The fraction of sp³-hybridized carbons (Fsp3) is 0.429. The van der Waals surface area contributed by atoms with Gasteiger partial charge in [0.2, 0.25) is 5.91 Å². The number of hydrogen-bond donors (Lipinski definition) is 1. The van der Waals surface area contributed by atoms with Crippen molar-refractivity contribution < 1.29 is 23.8 Å². The first-order valence-electron chi connectivity index (χ1n) is 12.3. The smallest absolute Gasteiger partial charge is 0.255 e. The standard InChI is InChI=1S/C28H33N3O5/c1-17(2)36-22-11-10-18(14-23(22)35-5)20-15-31-24(32)16-30(12-13-34-4)27(33)28(31,3)26-25(20)19-8-6-7-9-21(19)29-26/h6-11,14,17,20,29H,12-13,15-16H2,1-5H3/t20-,28-/m0/s1. The summed E-state index contributed by atoms with van der Waals surface area (Å²) in [6.07, 6.45) is 0.0124. The highest BCUT2D eigenvalue weighted by molar-refractivity contribution is 6.01. The molecule has 2 amide bonds. The molecule has 0 spiro atoms. The van der Waals surface area contributed by atoms with Crippen molar-refractivity contribution in [1.29, 1.82) is 0 Å². The minimum atomic E-state index is -1.13. The van der Waals surface area contributed by atoms with Crippen LogP contribution in [-0.2, 0) is 19.9 Å². The van der Waals surface area contributed by atoms with Gasteiger partial charge in [-0.1, -0.05) is 24.3 Å². The Kier molecular flexibility index (Phi) is 6.16. The van der Waals surface area contributed by atoms with Crippen molar-refractivity contribution in [3.63, 3.8) is 0 Å². The van der Waals surface area contributed by atoms with Gasteiger partial charge in [-0.05, 0) is 50.1 Å². The monoisotopic (exact) mass is 491 g/mol. The number of piperazine rings is 1. The largest absolute Gasteiger partial charge is 0.493 e. The van der Waals surface area contributed by atoms with Gasteiger partial charge in [0.15, 0.2) is 17.0 Å². The number of para-hydroxylation sites is 1. The average molecular weight is 492 g/mol. The number of methoxy groups -OCH3 is 2. The van der Waals surface area contributed by atoms with Crippen LogP contribution in [0.1, 0.15) is 43.5 Å². The fourth-order valence-corrected chi connectivity index (χ4v) is 5.61. The molecule has 3 aromatic rings. The van der Waals surface area contributed by atoms with E-state index in [9.17, 15) is 9.59 Å². The van der Waals surface area contributed by atoms with Crippen LogP contribution in [0.25, 0.3) is 10.9 Å². The van der Waals surface area contributed by atoms with Crippen molar-refractivity contribution >= 4 is 22.7 Å². The third-order valence-electron chi connectivity index (χ3n) is 7.34. The molecular formula is C28H33N3O5. The van der Waals surface area contributed by atoms with Crippen LogP contribution in [0.3, 0.4) is 0 Å².